The van der Waals surface area contributed by atoms with E-state index in [1.807, 2.05) is 6.07 Å². The molecule has 0 aliphatic rings. The van der Waals surface area contributed by atoms with Crippen LogP contribution in [0.5, 0.6) is 0 Å². The number of nitrogens with one attached hydrogen (secondary N) is 2. The third-order valence-corrected chi connectivity index (χ3v) is 2.30. The molecule has 1 radical (unpaired) electrons. The standard InChI is InChI=1S/C10H8ClN2O/c1-6(14)13-8-3-2-7-4-5-12-10(7)9(8)11/h2-4,12H,1H3,(H,13,14). The zero-order valence-electron chi connectivity index (χ0n) is 7.52. The van der Waals surface area contributed by atoms with Crippen molar-refractivity contribution in [3.8, 4) is 0 Å². The molecule has 14 heavy (non-hydrogen) atoms. The molecule has 3 nitrogen and oxygen atoms in total. The third-order valence-electron chi connectivity index (χ3n) is 1.91. The van der Waals surface area contributed by atoms with E-state index in [0.29, 0.717) is 10.7 Å². The predicted molar refractivity (Wildman–Crippen MR) is 56.4 cm³/mol. The van der Waals surface area contributed by atoms with Gasteiger partial charge in [0.2, 0.25) is 5.91 Å². The summed E-state index contributed by atoms with van der Waals surface area (Å²) in [4.78, 5) is 13.7. The topological polar surface area (TPSA) is 44.9 Å². The maximum Gasteiger partial charge on any atom is 0.221 e. The monoisotopic (exact) mass is 207 g/mol. The summed E-state index contributed by atoms with van der Waals surface area (Å²) in [6.45, 7) is 1.45. The van der Waals surface area contributed by atoms with Gasteiger partial charge in [0.25, 0.3) is 0 Å². The van der Waals surface area contributed by atoms with Crippen LogP contribution in [0, 0.1) is 6.20 Å². The van der Waals surface area contributed by atoms with Crippen LogP contribution in [0.1, 0.15) is 6.92 Å². The smallest absolute Gasteiger partial charge is 0.221 e. The molecule has 71 valence electrons. The van der Waals surface area contributed by atoms with Gasteiger partial charge in [-0.2, -0.15) is 0 Å². The van der Waals surface area contributed by atoms with Crippen LogP contribution in [-0.2, 0) is 4.79 Å². The third kappa shape index (κ3) is 1.46. The van der Waals surface area contributed by atoms with Crippen LogP contribution < -0.4 is 5.32 Å². The summed E-state index contributed by atoms with van der Waals surface area (Å²) < 4.78 is 0. The van der Waals surface area contributed by atoms with Gasteiger partial charge in [-0.25, -0.2) is 0 Å². The molecule has 0 bridgehead atoms. The molecule has 1 aromatic carbocycles. The van der Waals surface area contributed by atoms with Crippen LogP contribution in [0.25, 0.3) is 10.9 Å². The average Bonchev–Trinajstić information content (AvgIpc) is 2.57. The van der Waals surface area contributed by atoms with Crippen molar-refractivity contribution in [3.63, 3.8) is 0 Å². The van der Waals surface area contributed by atoms with Crippen molar-refractivity contribution in [2.24, 2.45) is 0 Å². The second kappa shape index (κ2) is 3.35. The summed E-state index contributed by atoms with van der Waals surface area (Å²) in [6.07, 6.45) is 2.84. The molecule has 0 unspecified atom stereocenters. The highest BCUT2D eigenvalue weighted by atomic mass is 35.5. The first kappa shape index (κ1) is 9.09. The number of carbonyl (C=O) groups excluding carboxylic acids is 1. The summed E-state index contributed by atoms with van der Waals surface area (Å²) in [5.41, 5.74) is 1.40. The van der Waals surface area contributed by atoms with Crippen LogP contribution in [0.2, 0.25) is 5.02 Å². The minimum Gasteiger partial charge on any atom is -0.352 e. The first-order valence-electron chi connectivity index (χ1n) is 4.13. The minimum absolute atomic E-state index is 0.137. The molecule has 0 saturated heterocycles. The van der Waals surface area contributed by atoms with E-state index in [4.69, 9.17) is 11.6 Å². The Morgan fingerprint density at radius 1 is 1.57 bits per heavy atom. The number of H-pyrrole nitrogens is 1. The predicted octanol–water partition coefficient (Wildman–Crippen LogP) is 2.58. The molecule has 1 heterocycles. The van der Waals surface area contributed by atoms with Crippen molar-refractivity contribution in [1.29, 1.82) is 0 Å². The molecule has 4 heteroatoms. The number of fused-ring (bicyclic) bond motifs is 1. The number of aromatic nitrogens is 1. The Kier molecular flexibility index (Phi) is 2.17. The van der Waals surface area contributed by atoms with Crippen LogP contribution in [0.4, 0.5) is 5.69 Å². The van der Waals surface area contributed by atoms with Crippen LogP contribution >= 0.6 is 11.6 Å². The lowest BCUT2D eigenvalue weighted by atomic mass is 10.2. The highest BCUT2D eigenvalue weighted by Crippen LogP contribution is 2.29. The van der Waals surface area contributed by atoms with Gasteiger partial charge in [-0.1, -0.05) is 17.7 Å². The Bertz CT molecular complexity index is 490. The van der Waals surface area contributed by atoms with E-state index >= 15 is 0 Å². The molecule has 2 aromatic rings. The Hall–Kier alpha value is -1.48. The number of benzene rings is 1. The maximum atomic E-state index is 10.9. The highest BCUT2D eigenvalue weighted by Gasteiger charge is 2.06. The Morgan fingerprint density at radius 2 is 2.36 bits per heavy atom. The van der Waals surface area contributed by atoms with Crippen LogP contribution in [0.3, 0.4) is 0 Å². The van der Waals surface area contributed by atoms with E-state index in [-0.39, 0.29) is 5.91 Å². The van der Waals surface area contributed by atoms with E-state index in [0.717, 1.165) is 10.9 Å². The van der Waals surface area contributed by atoms with Crippen molar-refractivity contribution in [3.05, 3.63) is 29.4 Å². The number of rotatable bonds is 1. The fourth-order valence-electron chi connectivity index (χ4n) is 1.31. The lowest BCUT2D eigenvalue weighted by Crippen LogP contribution is -2.06. The van der Waals surface area contributed by atoms with E-state index in [9.17, 15) is 4.79 Å². The van der Waals surface area contributed by atoms with Crippen LogP contribution in [-0.4, -0.2) is 10.9 Å². The maximum absolute atomic E-state index is 10.9. The number of carbonyl (C=O) groups is 1. The fraction of sp³-hybridized carbons (Fsp3) is 0.100. The van der Waals surface area contributed by atoms with Gasteiger partial charge < -0.3 is 10.3 Å². The number of hydrogen-bond donors (Lipinski definition) is 2. The number of hydrogen-bond acceptors (Lipinski definition) is 1. The fourth-order valence-corrected chi connectivity index (χ4v) is 1.58. The van der Waals surface area contributed by atoms with Gasteiger partial charge in [0.05, 0.1) is 22.4 Å². The van der Waals surface area contributed by atoms with Gasteiger partial charge in [0, 0.05) is 12.3 Å². The summed E-state index contributed by atoms with van der Waals surface area (Å²) in [7, 11) is 0. The quantitative estimate of drug-likeness (QED) is 0.742. The Labute approximate surface area is 86.1 Å². The lowest BCUT2D eigenvalue weighted by Gasteiger charge is -2.04. The molecule has 2 N–H and O–H groups in total. The molecule has 1 amide bonds. The van der Waals surface area contributed by atoms with Gasteiger partial charge in [0.1, 0.15) is 0 Å². The first-order chi connectivity index (χ1) is 6.68. The van der Waals surface area contributed by atoms with Crippen LogP contribution in [0.15, 0.2) is 18.2 Å². The van der Waals surface area contributed by atoms with E-state index in [1.54, 1.807) is 12.1 Å². The molecular formula is C10H8ClN2O. The van der Waals surface area contributed by atoms with Gasteiger partial charge in [-0.05, 0) is 12.1 Å². The normalized spacial score (nSPS) is 10.4. The van der Waals surface area contributed by atoms with E-state index in [2.05, 4.69) is 16.5 Å². The molecule has 0 aliphatic heterocycles. The largest absolute Gasteiger partial charge is 0.352 e. The number of amides is 1. The summed E-state index contributed by atoms with van der Waals surface area (Å²) in [5, 5.41) is 4.14. The second-order valence-electron chi connectivity index (χ2n) is 2.99. The van der Waals surface area contributed by atoms with Gasteiger partial charge in [-0.3, -0.25) is 4.79 Å². The zero-order chi connectivity index (χ0) is 10.1. The van der Waals surface area contributed by atoms with Crippen molar-refractivity contribution >= 4 is 34.1 Å². The van der Waals surface area contributed by atoms with Gasteiger partial charge in [-0.15, -0.1) is 0 Å². The zero-order valence-corrected chi connectivity index (χ0v) is 8.27. The van der Waals surface area contributed by atoms with Gasteiger partial charge >= 0.3 is 0 Å². The number of anilines is 1. The summed E-state index contributed by atoms with van der Waals surface area (Å²) >= 11 is 6.06. The van der Waals surface area contributed by atoms with E-state index in [1.165, 1.54) is 6.92 Å². The molecule has 0 aliphatic carbocycles. The molecule has 0 saturated carbocycles. The molecule has 2 rings (SSSR count). The average molecular weight is 208 g/mol. The van der Waals surface area contributed by atoms with Crippen molar-refractivity contribution < 1.29 is 4.79 Å². The van der Waals surface area contributed by atoms with E-state index < -0.39 is 0 Å². The lowest BCUT2D eigenvalue weighted by molar-refractivity contribution is -0.114. The molecule has 0 atom stereocenters. The summed E-state index contributed by atoms with van der Waals surface area (Å²) in [5.74, 6) is -0.137. The number of aromatic amines is 1. The highest BCUT2D eigenvalue weighted by molar-refractivity contribution is 6.38. The van der Waals surface area contributed by atoms with Crippen molar-refractivity contribution in [2.75, 3.05) is 5.32 Å². The van der Waals surface area contributed by atoms with Gasteiger partial charge in [0.15, 0.2) is 0 Å². The molecule has 0 spiro atoms. The van der Waals surface area contributed by atoms with Crippen molar-refractivity contribution in [2.45, 2.75) is 6.92 Å². The molecule has 1 aromatic heterocycles. The number of halogens is 1. The molecular weight excluding hydrogens is 200 g/mol. The SMILES string of the molecule is CC(=O)Nc1ccc2c[c][nH]c2c1Cl. The minimum atomic E-state index is -0.137. The Balaban J connectivity index is 2.56. The Morgan fingerprint density at radius 3 is 3.07 bits per heavy atom. The second-order valence-corrected chi connectivity index (χ2v) is 3.36. The van der Waals surface area contributed by atoms with Crippen molar-refractivity contribution in [1.82, 2.24) is 4.98 Å². The summed E-state index contributed by atoms with van der Waals surface area (Å²) in [6, 6.07) is 5.45. The molecule has 0 fully saturated rings. The first-order valence-corrected chi connectivity index (χ1v) is 4.51.